The van der Waals surface area contributed by atoms with Crippen LogP contribution in [0.2, 0.25) is 0 Å². The van der Waals surface area contributed by atoms with Crippen LogP contribution in [-0.2, 0) is 0 Å². The molecule has 6 heteroatoms. The van der Waals surface area contributed by atoms with Crippen LogP contribution in [0.4, 0.5) is 17.1 Å². The van der Waals surface area contributed by atoms with Gasteiger partial charge in [0.1, 0.15) is 0 Å². The van der Waals surface area contributed by atoms with Gasteiger partial charge in [-0.1, -0.05) is 66.7 Å². The fraction of sp³-hybridized carbons (Fsp3) is 0. The first-order chi connectivity index (χ1) is 13.3. The van der Waals surface area contributed by atoms with Gasteiger partial charge in [-0.15, -0.1) is 0 Å². The number of rotatable bonds is 3. The molecule has 6 nitrogen and oxygen atoms in total. The van der Waals surface area contributed by atoms with E-state index in [1.54, 1.807) is 30.3 Å². The summed E-state index contributed by atoms with van der Waals surface area (Å²) in [5.41, 5.74) is 2.54. The Kier molecular flexibility index (Phi) is 7.51. The molecule has 4 rings (SSSR count). The number of fused-ring (bicyclic) bond motifs is 1. The first kappa shape index (κ1) is 20.4. The van der Waals surface area contributed by atoms with Gasteiger partial charge < -0.3 is 21.9 Å². The topological polar surface area (TPSA) is 106 Å². The fourth-order valence-corrected chi connectivity index (χ4v) is 2.56. The zero-order valence-corrected chi connectivity index (χ0v) is 15.3. The largest absolute Gasteiger partial charge is 0.592 e. The third-order valence-corrected chi connectivity index (χ3v) is 3.87. The molecule has 0 saturated carbocycles. The summed E-state index contributed by atoms with van der Waals surface area (Å²) in [6, 6.07) is 33.3. The van der Waals surface area contributed by atoms with Gasteiger partial charge in [0.15, 0.2) is 0 Å². The molecule has 4 aromatic carbocycles. The Bertz CT molecular complexity index is 1020. The summed E-state index contributed by atoms with van der Waals surface area (Å²) in [7, 11) is 0. The summed E-state index contributed by atoms with van der Waals surface area (Å²) in [6.45, 7) is 0. The molecular weight excluding hydrogens is 352 g/mol. The lowest BCUT2D eigenvalue weighted by Crippen LogP contribution is -1.89. The monoisotopic (exact) mass is 374 g/mol. The van der Waals surface area contributed by atoms with Gasteiger partial charge >= 0.3 is 0 Å². The van der Waals surface area contributed by atoms with E-state index in [1.807, 2.05) is 18.2 Å². The Labute approximate surface area is 163 Å². The van der Waals surface area contributed by atoms with E-state index in [2.05, 4.69) is 65.2 Å². The predicted octanol–water partition coefficient (Wildman–Crippen LogP) is 6.42. The Morgan fingerprint density at radius 2 is 1.25 bits per heavy atom. The number of hydrogen-bond acceptors (Lipinski definition) is 4. The second kappa shape index (κ2) is 10.3. The van der Waals surface area contributed by atoms with Gasteiger partial charge in [0.05, 0.1) is 0 Å². The zero-order valence-electron chi connectivity index (χ0n) is 15.3. The molecule has 0 atom stereocenters. The Morgan fingerprint density at radius 3 is 1.89 bits per heavy atom. The van der Waals surface area contributed by atoms with Crippen LogP contribution in [0.1, 0.15) is 0 Å². The summed E-state index contributed by atoms with van der Waals surface area (Å²) in [6.07, 6.45) is 0. The molecule has 28 heavy (non-hydrogen) atoms. The van der Waals surface area contributed by atoms with Crippen LogP contribution in [0.3, 0.4) is 0 Å². The summed E-state index contributed by atoms with van der Waals surface area (Å²) >= 11 is 0. The predicted molar refractivity (Wildman–Crippen MR) is 113 cm³/mol. The maximum atomic E-state index is 10.5. The first-order valence-electron chi connectivity index (χ1n) is 8.44. The molecule has 0 aliphatic rings. The molecule has 0 heterocycles. The minimum absolute atomic E-state index is 0. The smallest absolute Gasteiger partial charge is 0.248 e. The van der Waals surface area contributed by atoms with E-state index in [0.717, 1.165) is 11.4 Å². The Balaban J connectivity index is 0.000000221. The summed E-state index contributed by atoms with van der Waals surface area (Å²) < 4.78 is 0. The molecule has 0 bridgehead atoms. The lowest BCUT2D eigenvalue weighted by Gasteiger charge is -2.07. The van der Waals surface area contributed by atoms with Crippen molar-refractivity contribution >= 4 is 27.8 Å². The second-order valence-electron chi connectivity index (χ2n) is 5.75. The highest BCUT2D eigenvalue weighted by molar-refractivity contribution is 5.86. The van der Waals surface area contributed by atoms with Crippen LogP contribution >= 0.6 is 0 Å². The van der Waals surface area contributed by atoms with Gasteiger partial charge in [-0.2, -0.15) is 0 Å². The SMILES string of the molecule is N.[O-][N+](=NO)c1ccccc1.c1ccc(Nc2ccc3ccccc3c2)cc1. The summed E-state index contributed by atoms with van der Waals surface area (Å²) in [5, 5.41) is 26.9. The van der Waals surface area contributed by atoms with Crippen molar-refractivity contribution in [3.8, 4) is 0 Å². The quantitative estimate of drug-likeness (QED) is 0.219. The molecular formula is C22H22N4O2. The van der Waals surface area contributed by atoms with Crippen molar-refractivity contribution < 1.29 is 10.1 Å². The van der Waals surface area contributed by atoms with Gasteiger partial charge in [-0.3, -0.25) is 0 Å². The van der Waals surface area contributed by atoms with E-state index < -0.39 is 0 Å². The number of anilines is 2. The Morgan fingerprint density at radius 1 is 0.679 bits per heavy atom. The van der Waals surface area contributed by atoms with Crippen LogP contribution in [0.15, 0.2) is 108 Å². The number of benzene rings is 4. The van der Waals surface area contributed by atoms with Gasteiger partial charge in [0.2, 0.25) is 11.0 Å². The van der Waals surface area contributed by atoms with Gasteiger partial charge in [-0.05, 0) is 39.9 Å². The van der Waals surface area contributed by atoms with Crippen LogP contribution < -0.4 is 11.5 Å². The molecule has 0 amide bonds. The van der Waals surface area contributed by atoms with Crippen molar-refractivity contribution in [1.29, 1.82) is 0 Å². The summed E-state index contributed by atoms with van der Waals surface area (Å²) in [4.78, 5) is 0.139. The molecule has 0 aliphatic carbocycles. The van der Waals surface area contributed by atoms with Crippen molar-refractivity contribution in [2.75, 3.05) is 5.32 Å². The van der Waals surface area contributed by atoms with E-state index in [-0.39, 0.29) is 11.0 Å². The molecule has 0 saturated heterocycles. The third-order valence-electron chi connectivity index (χ3n) is 3.87. The van der Waals surface area contributed by atoms with E-state index in [9.17, 15) is 5.21 Å². The average Bonchev–Trinajstić information content (AvgIpc) is 2.75. The maximum Gasteiger partial charge on any atom is 0.248 e. The van der Waals surface area contributed by atoms with Gasteiger partial charge in [-0.25, -0.2) is 0 Å². The zero-order chi connectivity index (χ0) is 18.9. The van der Waals surface area contributed by atoms with Gasteiger partial charge in [0.25, 0.3) is 0 Å². The lowest BCUT2D eigenvalue weighted by atomic mass is 10.1. The molecule has 0 aliphatic heterocycles. The minimum Gasteiger partial charge on any atom is -0.592 e. The number of hydrogen-bond donors (Lipinski definition) is 3. The maximum absolute atomic E-state index is 10.5. The van der Waals surface area contributed by atoms with Crippen molar-refractivity contribution in [1.82, 2.24) is 6.15 Å². The van der Waals surface area contributed by atoms with Crippen molar-refractivity contribution in [2.24, 2.45) is 5.28 Å². The molecule has 5 N–H and O–H groups in total. The fourth-order valence-electron chi connectivity index (χ4n) is 2.56. The van der Waals surface area contributed by atoms with Crippen molar-refractivity contribution in [3.63, 3.8) is 0 Å². The highest BCUT2D eigenvalue weighted by Gasteiger charge is 1.98. The minimum atomic E-state index is 0. The highest BCUT2D eigenvalue weighted by Crippen LogP contribution is 2.21. The van der Waals surface area contributed by atoms with Crippen LogP contribution in [-0.4, -0.2) is 10.1 Å². The Hall–Kier alpha value is -3.90. The number of nitrogens with one attached hydrogen (secondary N) is 1. The van der Waals surface area contributed by atoms with Crippen molar-refractivity contribution in [2.45, 2.75) is 0 Å². The number of para-hydroxylation sites is 2. The van der Waals surface area contributed by atoms with E-state index in [1.165, 1.54) is 10.8 Å². The molecule has 0 fully saturated rings. The van der Waals surface area contributed by atoms with Crippen LogP contribution in [0, 0.1) is 5.21 Å². The average molecular weight is 374 g/mol. The molecule has 0 spiro atoms. The van der Waals surface area contributed by atoms with Gasteiger partial charge in [0, 0.05) is 23.5 Å². The molecule has 0 unspecified atom stereocenters. The summed E-state index contributed by atoms with van der Waals surface area (Å²) in [5.74, 6) is 0. The molecule has 142 valence electrons. The molecule has 0 aromatic heterocycles. The standard InChI is InChI=1S/C16H13N.C6H6N2O2.H3N/c1-2-8-15(9-3-1)17-16-11-10-13-6-4-5-7-14(13)12-16;9-7-8(10)6-4-2-1-3-5-6;/h1-12,17H;1-5,9H;1H3. The van der Waals surface area contributed by atoms with Crippen molar-refractivity contribution in [3.05, 3.63) is 108 Å². The second-order valence-corrected chi connectivity index (χ2v) is 5.75. The highest BCUT2D eigenvalue weighted by atomic mass is 16.6. The number of nitrogens with zero attached hydrogens (tertiary/aromatic N) is 2. The molecule has 4 aromatic rings. The lowest BCUT2D eigenvalue weighted by molar-refractivity contribution is -0.473. The van der Waals surface area contributed by atoms with E-state index >= 15 is 0 Å². The van der Waals surface area contributed by atoms with E-state index in [0.29, 0.717) is 5.69 Å². The van der Waals surface area contributed by atoms with Crippen LogP contribution in [0.25, 0.3) is 10.8 Å². The normalized spacial score (nSPS) is 10.4. The molecule has 0 radical (unpaired) electrons. The van der Waals surface area contributed by atoms with E-state index in [4.69, 9.17) is 5.21 Å². The first-order valence-corrected chi connectivity index (χ1v) is 8.44. The third kappa shape index (κ3) is 5.55. The van der Waals surface area contributed by atoms with Crippen LogP contribution in [0.5, 0.6) is 0 Å².